The van der Waals surface area contributed by atoms with Crippen molar-refractivity contribution >= 4 is 39.1 Å². The third-order valence-corrected chi connectivity index (χ3v) is 3.45. The molecule has 1 N–H and O–H groups in total. The highest BCUT2D eigenvalue weighted by atomic mass is 79.9. The highest BCUT2D eigenvalue weighted by Crippen LogP contribution is 2.38. The van der Waals surface area contributed by atoms with Crippen molar-refractivity contribution in [2.24, 2.45) is 0 Å². The zero-order valence-electron chi connectivity index (χ0n) is 10.3. The van der Waals surface area contributed by atoms with Crippen LogP contribution in [0.15, 0.2) is 46.9 Å². The van der Waals surface area contributed by atoms with Crippen molar-refractivity contribution < 1.29 is 18.0 Å². The number of hydrogen-bond donors (Lipinski definition) is 1. The van der Waals surface area contributed by atoms with Gasteiger partial charge in [0.1, 0.15) is 0 Å². The Morgan fingerprint density at radius 2 is 1.81 bits per heavy atom. The number of benzene rings is 2. The molecular weight excluding hydrogens is 371 g/mol. The second-order valence-electron chi connectivity index (χ2n) is 4.12. The van der Waals surface area contributed by atoms with Crippen LogP contribution in [0, 0.1) is 0 Å². The smallest absolute Gasteiger partial charge is 0.320 e. The lowest BCUT2D eigenvalue weighted by Crippen LogP contribution is -2.17. The number of para-hydroxylation sites is 1. The highest BCUT2D eigenvalue weighted by molar-refractivity contribution is 9.10. The highest BCUT2D eigenvalue weighted by Gasteiger charge is 2.34. The fourth-order valence-corrected chi connectivity index (χ4v) is 2.32. The molecule has 0 saturated carbocycles. The van der Waals surface area contributed by atoms with Gasteiger partial charge in [-0.25, -0.2) is 0 Å². The van der Waals surface area contributed by atoms with Crippen molar-refractivity contribution in [1.82, 2.24) is 0 Å². The normalized spacial score (nSPS) is 11.3. The van der Waals surface area contributed by atoms with E-state index in [-0.39, 0.29) is 10.6 Å². The molecule has 0 atom stereocenters. The molecule has 1 amide bonds. The Morgan fingerprint density at radius 1 is 1.14 bits per heavy atom. The van der Waals surface area contributed by atoms with Crippen molar-refractivity contribution in [3.05, 3.63) is 63.1 Å². The maximum Gasteiger partial charge on any atom is 0.418 e. The molecular formula is C14H8BrClF3NO. The Morgan fingerprint density at radius 3 is 2.43 bits per heavy atom. The molecule has 0 spiro atoms. The lowest BCUT2D eigenvalue weighted by Gasteiger charge is -2.15. The largest absolute Gasteiger partial charge is 0.418 e. The second-order valence-corrected chi connectivity index (χ2v) is 5.45. The van der Waals surface area contributed by atoms with Crippen molar-refractivity contribution in [3.8, 4) is 0 Å². The first kappa shape index (κ1) is 15.9. The van der Waals surface area contributed by atoms with E-state index in [2.05, 4.69) is 21.2 Å². The van der Waals surface area contributed by atoms with Crippen LogP contribution in [0.4, 0.5) is 18.9 Å². The quantitative estimate of drug-likeness (QED) is 0.747. The predicted molar refractivity (Wildman–Crippen MR) is 78.5 cm³/mol. The number of carbonyl (C=O) groups excluding carboxylic acids is 1. The molecule has 0 bridgehead atoms. The number of hydrogen-bond acceptors (Lipinski definition) is 1. The number of amides is 1. The van der Waals surface area contributed by atoms with Gasteiger partial charge in [-0.05, 0) is 30.3 Å². The minimum absolute atomic E-state index is 0.173. The van der Waals surface area contributed by atoms with Gasteiger partial charge in [0, 0.05) is 10.0 Å². The molecule has 7 heteroatoms. The first-order valence-corrected chi connectivity index (χ1v) is 6.89. The maximum atomic E-state index is 12.9. The number of anilines is 1. The van der Waals surface area contributed by atoms with E-state index in [0.717, 1.165) is 6.07 Å². The summed E-state index contributed by atoms with van der Waals surface area (Å²) in [5, 5.41) is 2.04. The van der Waals surface area contributed by atoms with Gasteiger partial charge in [0.05, 0.1) is 16.3 Å². The van der Waals surface area contributed by atoms with Gasteiger partial charge in [-0.15, -0.1) is 0 Å². The van der Waals surface area contributed by atoms with Crippen LogP contribution in [-0.4, -0.2) is 5.91 Å². The van der Waals surface area contributed by atoms with Crippen LogP contribution in [0.5, 0.6) is 0 Å². The number of halogens is 5. The summed E-state index contributed by atoms with van der Waals surface area (Å²) in [5.41, 5.74) is -1.22. The molecule has 0 aliphatic rings. The summed E-state index contributed by atoms with van der Waals surface area (Å²) >= 11 is 8.96. The van der Waals surface area contributed by atoms with Gasteiger partial charge in [0.25, 0.3) is 5.91 Å². The van der Waals surface area contributed by atoms with Crippen molar-refractivity contribution in [1.29, 1.82) is 0 Å². The molecule has 2 aromatic rings. The van der Waals surface area contributed by atoms with Crippen molar-refractivity contribution in [3.63, 3.8) is 0 Å². The number of nitrogens with one attached hydrogen (secondary N) is 1. The predicted octanol–water partition coefficient (Wildman–Crippen LogP) is 5.37. The van der Waals surface area contributed by atoms with E-state index in [0.29, 0.717) is 4.47 Å². The third-order valence-electron chi connectivity index (χ3n) is 2.64. The van der Waals surface area contributed by atoms with Gasteiger partial charge >= 0.3 is 6.18 Å². The standard InChI is InChI=1S/C14H8BrClF3NO/c15-9-4-1-3-8(7-9)13(21)20-12-10(14(17,18)19)5-2-6-11(12)16/h1-7H,(H,20,21). The number of carbonyl (C=O) groups is 1. The first-order valence-electron chi connectivity index (χ1n) is 5.71. The van der Waals surface area contributed by atoms with E-state index in [1.165, 1.54) is 24.3 Å². The molecule has 21 heavy (non-hydrogen) atoms. The molecule has 0 aromatic heterocycles. The maximum absolute atomic E-state index is 12.9. The molecule has 0 aliphatic carbocycles. The molecule has 110 valence electrons. The number of rotatable bonds is 2. The Hall–Kier alpha value is -1.53. The monoisotopic (exact) mass is 377 g/mol. The third kappa shape index (κ3) is 3.77. The SMILES string of the molecule is O=C(Nc1c(Cl)cccc1C(F)(F)F)c1cccc(Br)c1. The first-order chi connectivity index (χ1) is 9.79. The van der Waals surface area contributed by atoms with E-state index in [1.807, 2.05) is 0 Å². The summed E-state index contributed by atoms with van der Waals surface area (Å²) in [5.74, 6) is -0.671. The van der Waals surface area contributed by atoms with Crippen LogP contribution in [0.25, 0.3) is 0 Å². The van der Waals surface area contributed by atoms with Crippen LogP contribution in [-0.2, 0) is 6.18 Å². The molecule has 0 radical (unpaired) electrons. The van der Waals surface area contributed by atoms with E-state index in [1.54, 1.807) is 12.1 Å². The van der Waals surface area contributed by atoms with Crippen molar-refractivity contribution in [2.45, 2.75) is 6.18 Å². The average molecular weight is 379 g/mol. The average Bonchev–Trinajstić information content (AvgIpc) is 2.39. The Bertz CT molecular complexity index is 688. The summed E-state index contributed by atoms with van der Waals surface area (Å²) in [4.78, 5) is 12.0. The Labute approximate surface area is 132 Å². The summed E-state index contributed by atoms with van der Waals surface area (Å²) < 4.78 is 39.4. The van der Waals surface area contributed by atoms with Gasteiger partial charge in [-0.1, -0.05) is 39.7 Å². The van der Waals surface area contributed by atoms with Gasteiger partial charge < -0.3 is 5.32 Å². The van der Waals surface area contributed by atoms with Gasteiger partial charge in [0.2, 0.25) is 0 Å². The van der Waals surface area contributed by atoms with Crippen LogP contribution < -0.4 is 5.32 Å². The number of alkyl halides is 3. The molecule has 0 saturated heterocycles. The van der Waals surface area contributed by atoms with Crippen LogP contribution in [0.2, 0.25) is 5.02 Å². The fourth-order valence-electron chi connectivity index (χ4n) is 1.70. The van der Waals surface area contributed by atoms with E-state index < -0.39 is 23.3 Å². The zero-order chi connectivity index (χ0) is 15.6. The molecule has 0 aliphatic heterocycles. The topological polar surface area (TPSA) is 29.1 Å². The summed E-state index contributed by atoms with van der Waals surface area (Å²) in [6, 6.07) is 9.63. The summed E-state index contributed by atoms with van der Waals surface area (Å²) in [6.45, 7) is 0. The molecule has 2 aromatic carbocycles. The lowest BCUT2D eigenvalue weighted by molar-refractivity contribution is -0.136. The molecule has 0 heterocycles. The van der Waals surface area contributed by atoms with Crippen LogP contribution >= 0.6 is 27.5 Å². The zero-order valence-corrected chi connectivity index (χ0v) is 12.7. The Balaban J connectivity index is 2.38. The van der Waals surface area contributed by atoms with E-state index in [9.17, 15) is 18.0 Å². The fraction of sp³-hybridized carbons (Fsp3) is 0.0714. The van der Waals surface area contributed by atoms with Gasteiger partial charge in [0.15, 0.2) is 0 Å². The lowest BCUT2D eigenvalue weighted by atomic mass is 10.1. The molecule has 2 nitrogen and oxygen atoms in total. The minimum Gasteiger partial charge on any atom is -0.320 e. The van der Waals surface area contributed by atoms with E-state index in [4.69, 9.17) is 11.6 Å². The van der Waals surface area contributed by atoms with Crippen molar-refractivity contribution in [2.75, 3.05) is 5.32 Å². The summed E-state index contributed by atoms with van der Waals surface area (Å²) in [7, 11) is 0. The van der Waals surface area contributed by atoms with E-state index >= 15 is 0 Å². The van der Waals surface area contributed by atoms with Crippen LogP contribution in [0.1, 0.15) is 15.9 Å². The van der Waals surface area contributed by atoms with Gasteiger partial charge in [-0.2, -0.15) is 13.2 Å². The molecule has 0 unspecified atom stereocenters. The second kappa shape index (κ2) is 6.07. The summed E-state index contributed by atoms with van der Waals surface area (Å²) in [6.07, 6.45) is -4.61. The molecule has 2 rings (SSSR count). The van der Waals surface area contributed by atoms with Gasteiger partial charge in [-0.3, -0.25) is 4.79 Å². The minimum atomic E-state index is -4.61. The Kier molecular flexibility index (Phi) is 4.58. The van der Waals surface area contributed by atoms with Crippen LogP contribution in [0.3, 0.4) is 0 Å². The molecule has 0 fully saturated rings.